The van der Waals surface area contributed by atoms with Crippen LogP contribution < -0.4 is 9.80 Å². The van der Waals surface area contributed by atoms with Gasteiger partial charge in [0.2, 0.25) is 0 Å². The van der Waals surface area contributed by atoms with E-state index in [2.05, 4.69) is 0 Å². The first-order valence-corrected chi connectivity index (χ1v) is 13.9. The van der Waals surface area contributed by atoms with Crippen molar-refractivity contribution in [1.82, 2.24) is 0 Å². The highest BCUT2D eigenvalue weighted by molar-refractivity contribution is 8.05. The summed E-state index contributed by atoms with van der Waals surface area (Å²) in [5.41, 5.74) is 1.40. The number of thioether (sulfide) groups is 2. The third-order valence-electron chi connectivity index (χ3n) is 3.70. The lowest BCUT2D eigenvalue weighted by Gasteiger charge is -2.24. The SMILES string of the molecule is O=S(=O)(O)CN1C(=CC2Sc3sccc3N2CS(=O)(=O)O)Sc2sccc21. The molecule has 0 aromatic carbocycles. The van der Waals surface area contributed by atoms with E-state index in [1.54, 1.807) is 23.1 Å². The molecule has 2 aliphatic rings. The molecule has 0 saturated carbocycles. The lowest BCUT2D eigenvalue weighted by atomic mass is 10.4. The lowest BCUT2D eigenvalue weighted by molar-refractivity contribution is 0.480. The van der Waals surface area contributed by atoms with Gasteiger partial charge in [-0.25, -0.2) is 0 Å². The van der Waals surface area contributed by atoms with Gasteiger partial charge in [0.1, 0.15) is 11.3 Å². The normalized spacial score (nSPS) is 21.1. The molecule has 2 N–H and O–H groups in total. The van der Waals surface area contributed by atoms with Crippen LogP contribution in [-0.4, -0.2) is 43.1 Å². The van der Waals surface area contributed by atoms with Gasteiger partial charge < -0.3 is 9.80 Å². The maximum atomic E-state index is 11.5. The average molecular weight is 485 g/mol. The van der Waals surface area contributed by atoms with E-state index in [0.29, 0.717) is 16.4 Å². The second-order valence-electron chi connectivity index (χ2n) is 5.62. The Morgan fingerprint density at radius 2 is 1.59 bits per heavy atom. The van der Waals surface area contributed by atoms with Crippen molar-refractivity contribution in [2.75, 3.05) is 21.6 Å². The topological polar surface area (TPSA) is 115 Å². The van der Waals surface area contributed by atoms with Crippen molar-refractivity contribution in [2.45, 2.75) is 13.8 Å². The zero-order valence-corrected chi connectivity index (χ0v) is 18.1. The highest BCUT2D eigenvalue weighted by atomic mass is 32.2. The summed E-state index contributed by atoms with van der Waals surface area (Å²) in [5, 5.41) is 3.82. The molecule has 27 heavy (non-hydrogen) atoms. The summed E-state index contributed by atoms with van der Waals surface area (Å²) in [7, 11) is -8.50. The summed E-state index contributed by atoms with van der Waals surface area (Å²) in [4.78, 5) is 3.04. The van der Waals surface area contributed by atoms with Gasteiger partial charge >= 0.3 is 0 Å². The third kappa shape index (κ3) is 4.17. The van der Waals surface area contributed by atoms with E-state index in [1.165, 1.54) is 51.1 Å². The van der Waals surface area contributed by atoms with E-state index in [0.717, 1.165) is 8.42 Å². The average Bonchev–Trinajstić information content (AvgIpc) is 3.24. The van der Waals surface area contributed by atoms with E-state index in [-0.39, 0.29) is 0 Å². The first-order valence-electron chi connectivity index (χ1n) is 7.26. The predicted molar refractivity (Wildman–Crippen MR) is 110 cm³/mol. The van der Waals surface area contributed by atoms with Crippen molar-refractivity contribution < 1.29 is 25.9 Å². The first kappa shape index (κ1) is 19.6. The molecule has 0 saturated heterocycles. The van der Waals surface area contributed by atoms with Gasteiger partial charge in [-0.3, -0.25) is 9.11 Å². The Bertz CT molecular complexity index is 1120. The Hall–Kier alpha value is -0.740. The summed E-state index contributed by atoms with van der Waals surface area (Å²) < 4.78 is 66.2. The Labute approximate surface area is 172 Å². The molecule has 0 bridgehead atoms. The number of rotatable bonds is 5. The van der Waals surface area contributed by atoms with Crippen LogP contribution in [0.2, 0.25) is 0 Å². The summed E-state index contributed by atoms with van der Waals surface area (Å²) in [5.74, 6) is -1.16. The van der Waals surface area contributed by atoms with Crippen molar-refractivity contribution in [3.8, 4) is 0 Å². The Morgan fingerprint density at radius 3 is 2.26 bits per heavy atom. The molecule has 2 aromatic rings. The molecule has 0 amide bonds. The molecule has 14 heteroatoms. The maximum absolute atomic E-state index is 11.5. The largest absolute Gasteiger partial charge is 0.338 e. The van der Waals surface area contributed by atoms with Crippen LogP contribution in [0, 0.1) is 0 Å². The number of fused-ring (bicyclic) bond motifs is 2. The summed E-state index contributed by atoms with van der Waals surface area (Å²) >= 11 is 5.70. The van der Waals surface area contributed by atoms with Crippen LogP contribution in [0.1, 0.15) is 0 Å². The molecule has 0 aliphatic carbocycles. The molecular formula is C13H12N2O6S6. The molecule has 4 rings (SSSR count). The number of hydrogen-bond donors (Lipinski definition) is 2. The van der Waals surface area contributed by atoms with Gasteiger partial charge in [-0.15, -0.1) is 22.7 Å². The zero-order valence-electron chi connectivity index (χ0n) is 13.2. The molecule has 2 aliphatic heterocycles. The van der Waals surface area contributed by atoms with Crippen molar-refractivity contribution in [3.05, 3.63) is 34.0 Å². The van der Waals surface area contributed by atoms with E-state index in [9.17, 15) is 25.9 Å². The zero-order chi connectivity index (χ0) is 19.4. The second kappa shape index (κ2) is 6.95. The summed E-state index contributed by atoms with van der Waals surface area (Å²) in [6.45, 7) is 0. The summed E-state index contributed by atoms with van der Waals surface area (Å²) in [6.07, 6.45) is 1.76. The minimum Gasteiger partial charge on any atom is -0.338 e. The first-order chi connectivity index (χ1) is 12.6. The molecule has 1 atom stereocenters. The van der Waals surface area contributed by atoms with Crippen LogP contribution in [0.5, 0.6) is 0 Å². The molecule has 1 unspecified atom stereocenters. The van der Waals surface area contributed by atoms with Gasteiger partial charge in [0.15, 0.2) is 5.88 Å². The van der Waals surface area contributed by atoms with Crippen molar-refractivity contribution >= 4 is 77.8 Å². The van der Waals surface area contributed by atoms with Crippen LogP contribution in [0.4, 0.5) is 11.4 Å². The van der Waals surface area contributed by atoms with Crippen molar-refractivity contribution in [1.29, 1.82) is 0 Å². The van der Waals surface area contributed by atoms with Crippen molar-refractivity contribution in [2.24, 2.45) is 0 Å². The second-order valence-corrected chi connectivity index (χ2v) is 13.0. The fourth-order valence-corrected chi connectivity index (χ4v) is 8.76. The number of hydrogen-bond acceptors (Lipinski definition) is 10. The minimum atomic E-state index is -4.26. The molecule has 8 nitrogen and oxygen atoms in total. The monoisotopic (exact) mass is 484 g/mol. The van der Waals surface area contributed by atoms with Gasteiger partial charge in [-0.1, -0.05) is 23.5 Å². The number of thiophene rings is 2. The molecule has 146 valence electrons. The van der Waals surface area contributed by atoms with E-state index < -0.39 is 37.4 Å². The Kier molecular flexibility index (Phi) is 5.04. The standard InChI is InChI=1S/C13H12N2O6S6/c16-26(17,18)6-14-8-1-3-22-12(8)24-10(14)5-11-15(7-27(19,20)21)9-2-4-23-13(9)25-11/h1-5,10H,6-7H2,(H,16,17,18)(H,19,20,21). The smallest absolute Gasteiger partial charge is 0.283 e. The molecular weight excluding hydrogens is 473 g/mol. The predicted octanol–water partition coefficient (Wildman–Crippen LogP) is 3.19. The number of anilines is 2. The molecule has 2 aromatic heterocycles. The molecule has 0 spiro atoms. The number of nitrogens with zero attached hydrogens (tertiary/aromatic N) is 2. The van der Waals surface area contributed by atoms with Crippen LogP contribution in [0.3, 0.4) is 0 Å². The minimum absolute atomic E-state index is 0.435. The quantitative estimate of drug-likeness (QED) is 0.613. The highest BCUT2D eigenvalue weighted by Gasteiger charge is 2.36. The molecule has 0 radical (unpaired) electrons. The lowest BCUT2D eigenvalue weighted by Crippen LogP contribution is -2.34. The molecule has 0 fully saturated rings. The fraction of sp³-hybridized carbons (Fsp3) is 0.231. The third-order valence-corrected chi connectivity index (χ3v) is 9.41. The highest BCUT2D eigenvalue weighted by Crippen LogP contribution is 2.52. The Morgan fingerprint density at radius 1 is 0.963 bits per heavy atom. The van der Waals surface area contributed by atoms with Gasteiger partial charge in [0.05, 0.1) is 24.8 Å². The van der Waals surface area contributed by atoms with Crippen molar-refractivity contribution in [3.63, 3.8) is 0 Å². The van der Waals surface area contributed by atoms with Crippen LogP contribution in [0.25, 0.3) is 0 Å². The van der Waals surface area contributed by atoms with E-state index in [1.807, 2.05) is 10.8 Å². The van der Waals surface area contributed by atoms with Gasteiger partial charge in [-0.2, -0.15) is 16.8 Å². The van der Waals surface area contributed by atoms with Crippen LogP contribution in [0.15, 0.2) is 42.4 Å². The summed E-state index contributed by atoms with van der Waals surface area (Å²) in [6, 6.07) is 3.55. The Balaban J connectivity index is 1.69. The van der Waals surface area contributed by atoms with Gasteiger partial charge in [0.25, 0.3) is 20.2 Å². The van der Waals surface area contributed by atoms with Crippen LogP contribution in [-0.2, 0) is 20.2 Å². The van der Waals surface area contributed by atoms with Gasteiger partial charge in [0, 0.05) is 0 Å². The van der Waals surface area contributed by atoms with E-state index >= 15 is 0 Å². The maximum Gasteiger partial charge on any atom is 0.283 e. The molecule has 4 heterocycles. The van der Waals surface area contributed by atoms with Crippen LogP contribution >= 0.6 is 46.2 Å². The van der Waals surface area contributed by atoms with Gasteiger partial charge in [-0.05, 0) is 29.0 Å². The van der Waals surface area contributed by atoms with E-state index in [4.69, 9.17) is 0 Å². The fourth-order valence-electron chi connectivity index (χ4n) is 2.72.